The molecule has 154 valence electrons. The lowest BCUT2D eigenvalue weighted by Gasteiger charge is -2.25. The fourth-order valence-electron chi connectivity index (χ4n) is 2.14. The van der Waals surface area contributed by atoms with Gasteiger partial charge >= 0.3 is 5.97 Å². The zero-order valence-corrected chi connectivity index (χ0v) is 15.8. The Balaban J connectivity index is 4.93. The molecule has 4 unspecified atom stereocenters. The van der Waals surface area contributed by atoms with Crippen LogP contribution >= 0.6 is 0 Å². The summed E-state index contributed by atoms with van der Waals surface area (Å²) < 4.78 is 0. The van der Waals surface area contributed by atoms with Crippen LogP contribution in [0.25, 0.3) is 0 Å². The number of primary amides is 1. The molecule has 4 atom stereocenters. The molecule has 0 saturated carbocycles. The van der Waals surface area contributed by atoms with Crippen molar-refractivity contribution in [1.82, 2.24) is 16.0 Å². The van der Waals surface area contributed by atoms with Crippen LogP contribution in [0.2, 0.25) is 0 Å². The van der Waals surface area contributed by atoms with E-state index in [1.54, 1.807) is 6.92 Å². The first kappa shape index (κ1) is 24.3. The Hall–Kier alpha value is -2.69. The van der Waals surface area contributed by atoms with Crippen molar-refractivity contribution < 1.29 is 29.1 Å². The topological polar surface area (TPSA) is 194 Å². The summed E-state index contributed by atoms with van der Waals surface area (Å²) in [6.45, 7) is 4.69. The van der Waals surface area contributed by atoms with E-state index in [-0.39, 0.29) is 25.3 Å². The summed E-state index contributed by atoms with van der Waals surface area (Å²) in [5.74, 6) is -4.06. The highest BCUT2D eigenvalue weighted by atomic mass is 16.4. The Bertz CT molecular complexity index is 568. The molecule has 0 aromatic heterocycles. The Kier molecular flexibility index (Phi) is 10.7. The van der Waals surface area contributed by atoms with Crippen LogP contribution in [-0.2, 0) is 24.0 Å². The van der Waals surface area contributed by atoms with Crippen molar-refractivity contribution in [2.24, 2.45) is 17.4 Å². The molecule has 11 nitrogen and oxygen atoms in total. The van der Waals surface area contributed by atoms with Crippen LogP contribution in [0, 0.1) is 5.92 Å². The molecule has 8 N–H and O–H groups in total. The average molecular weight is 387 g/mol. The molecule has 27 heavy (non-hydrogen) atoms. The fraction of sp³-hybridized carbons (Fsp3) is 0.688. The highest BCUT2D eigenvalue weighted by Crippen LogP contribution is 2.08. The maximum absolute atomic E-state index is 12.4. The van der Waals surface area contributed by atoms with Crippen molar-refractivity contribution in [2.75, 3.05) is 6.54 Å². The molecular formula is C16H29N5O6. The van der Waals surface area contributed by atoms with E-state index in [9.17, 15) is 24.0 Å². The first-order valence-corrected chi connectivity index (χ1v) is 8.64. The van der Waals surface area contributed by atoms with Crippen molar-refractivity contribution in [3.63, 3.8) is 0 Å². The molecule has 4 amide bonds. The molecule has 0 spiro atoms. The van der Waals surface area contributed by atoms with Gasteiger partial charge in [-0.2, -0.15) is 0 Å². The van der Waals surface area contributed by atoms with Gasteiger partial charge in [-0.05, 0) is 19.3 Å². The first-order valence-electron chi connectivity index (χ1n) is 8.64. The second-order valence-electron chi connectivity index (χ2n) is 6.27. The number of carbonyl (C=O) groups excluding carboxylic acids is 4. The van der Waals surface area contributed by atoms with Gasteiger partial charge in [0.05, 0.1) is 6.54 Å². The summed E-state index contributed by atoms with van der Waals surface area (Å²) >= 11 is 0. The number of hydrogen-bond acceptors (Lipinski definition) is 6. The summed E-state index contributed by atoms with van der Waals surface area (Å²) in [7, 11) is 0. The van der Waals surface area contributed by atoms with Crippen LogP contribution in [0.3, 0.4) is 0 Å². The summed E-state index contributed by atoms with van der Waals surface area (Å²) in [5, 5.41) is 16.3. The predicted octanol–water partition coefficient (Wildman–Crippen LogP) is -2.18. The molecule has 0 heterocycles. The third kappa shape index (κ3) is 8.99. The van der Waals surface area contributed by atoms with Crippen molar-refractivity contribution in [1.29, 1.82) is 0 Å². The minimum atomic E-state index is -1.32. The van der Waals surface area contributed by atoms with Crippen LogP contribution in [0.15, 0.2) is 0 Å². The summed E-state index contributed by atoms with van der Waals surface area (Å²) in [4.78, 5) is 58.1. The zero-order valence-electron chi connectivity index (χ0n) is 15.8. The zero-order chi connectivity index (χ0) is 21.1. The first-order chi connectivity index (χ1) is 12.5. The van der Waals surface area contributed by atoms with Gasteiger partial charge < -0.3 is 32.5 Å². The summed E-state index contributed by atoms with van der Waals surface area (Å²) in [6.07, 6.45) is 0.218. The number of rotatable bonds is 12. The molecule has 0 rings (SSSR count). The average Bonchev–Trinajstić information content (AvgIpc) is 2.61. The molecule has 0 aliphatic heterocycles. The smallest absolute Gasteiger partial charge is 0.326 e. The van der Waals surface area contributed by atoms with Crippen LogP contribution in [-0.4, -0.2) is 59.4 Å². The molecule has 0 aromatic carbocycles. The van der Waals surface area contributed by atoms with E-state index in [1.807, 2.05) is 6.92 Å². The van der Waals surface area contributed by atoms with Gasteiger partial charge in [0.15, 0.2) is 0 Å². The molecule has 0 radical (unpaired) electrons. The number of amides is 4. The molecule has 0 bridgehead atoms. The lowest BCUT2D eigenvalue weighted by Crippen LogP contribution is -2.56. The SMILES string of the molecule is CCC(C)C(NC(=O)CN)C(=O)NC(C)C(=O)NC(CCC(N)=O)C(=O)O. The van der Waals surface area contributed by atoms with E-state index < -0.39 is 47.7 Å². The molecule has 0 aliphatic rings. The number of nitrogens with two attached hydrogens (primary N) is 2. The molecule has 11 heteroatoms. The minimum Gasteiger partial charge on any atom is -0.480 e. The summed E-state index contributed by atoms with van der Waals surface area (Å²) in [5.41, 5.74) is 10.2. The van der Waals surface area contributed by atoms with E-state index in [2.05, 4.69) is 16.0 Å². The van der Waals surface area contributed by atoms with Gasteiger partial charge in [0, 0.05) is 6.42 Å². The highest BCUT2D eigenvalue weighted by Gasteiger charge is 2.29. The van der Waals surface area contributed by atoms with E-state index in [0.717, 1.165) is 0 Å². The van der Waals surface area contributed by atoms with Crippen molar-refractivity contribution in [3.8, 4) is 0 Å². The van der Waals surface area contributed by atoms with Crippen molar-refractivity contribution in [2.45, 2.75) is 58.2 Å². The van der Waals surface area contributed by atoms with Gasteiger partial charge in [0.1, 0.15) is 18.1 Å². The molecule has 0 aliphatic carbocycles. The number of hydrogen-bond donors (Lipinski definition) is 6. The number of nitrogens with one attached hydrogen (secondary N) is 3. The van der Waals surface area contributed by atoms with Gasteiger partial charge in [-0.3, -0.25) is 19.2 Å². The normalized spacial score (nSPS) is 15.0. The molecule has 0 fully saturated rings. The van der Waals surface area contributed by atoms with Crippen molar-refractivity contribution in [3.05, 3.63) is 0 Å². The quantitative estimate of drug-likeness (QED) is 0.219. The molecular weight excluding hydrogens is 358 g/mol. The third-order valence-electron chi connectivity index (χ3n) is 4.04. The lowest BCUT2D eigenvalue weighted by molar-refractivity contribution is -0.142. The van der Waals surface area contributed by atoms with Gasteiger partial charge in [-0.1, -0.05) is 20.3 Å². The number of carbonyl (C=O) groups is 5. The third-order valence-corrected chi connectivity index (χ3v) is 4.04. The van der Waals surface area contributed by atoms with Crippen LogP contribution in [0.4, 0.5) is 0 Å². The number of aliphatic carboxylic acids is 1. The standard InChI is InChI=1S/C16H29N5O6/c1-4-8(2)13(21-12(23)7-17)15(25)19-9(3)14(24)20-10(16(26)27)5-6-11(18)22/h8-10,13H,4-7,17H2,1-3H3,(H2,18,22)(H,19,25)(H,20,24)(H,21,23)(H,26,27). The lowest BCUT2D eigenvalue weighted by atomic mass is 9.98. The van der Waals surface area contributed by atoms with Gasteiger partial charge in [0.2, 0.25) is 23.6 Å². The number of carboxylic acid groups (broad SMARTS) is 1. The van der Waals surface area contributed by atoms with Gasteiger partial charge in [-0.25, -0.2) is 4.79 Å². The van der Waals surface area contributed by atoms with E-state index >= 15 is 0 Å². The van der Waals surface area contributed by atoms with E-state index in [4.69, 9.17) is 16.6 Å². The number of carboxylic acids is 1. The molecule has 0 aromatic rings. The maximum atomic E-state index is 12.4. The minimum absolute atomic E-state index is 0.168. The van der Waals surface area contributed by atoms with E-state index in [0.29, 0.717) is 6.42 Å². The van der Waals surface area contributed by atoms with Crippen LogP contribution < -0.4 is 27.4 Å². The summed E-state index contributed by atoms with van der Waals surface area (Å²) in [6, 6.07) is -3.26. The second-order valence-corrected chi connectivity index (χ2v) is 6.27. The molecule has 0 saturated heterocycles. The Morgan fingerprint density at radius 3 is 2.04 bits per heavy atom. The fourth-order valence-corrected chi connectivity index (χ4v) is 2.14. The van der Waals surface area contributed by atoms with Crippen molar-refractivity contribution >= 4 is 29.6 Å². The van der Waals surface area contributed by atoms with Gasteiger partial charge in [0.25, 0.3) is 0 Å². The second kappa shape index (κ2) is 11.8. The largest absolute Gasteiger partial charge is 0.480 e. The van der Waals surface area contributed by atoms with E-state index in [1.165, 1.54) is 6.92 Å². The highest BCUT2D eigenvalue weighted by molar-refractivity contribution is 5.93. The Labute approximate surface area is 157 Å². The Morgan fingerprint density at radius 1 is 1.00 bits per heavy atom. The Morgan fingerprint density at radius 2 is 1.59 bits per heavy atom. The van der Waals surface area contributed by atoms with Gasteiger partial charge in [-0.15, -0.1) is 0 Å². The van der Waals surface area contributed by atoms with Crippen LogP contribution in [0.5, 0.6) is 0 Å². The monoisotopic (exact) mass is 387 g/mol. The van der Waals surface area contributed by atoms with Crippen LogP contribution in [0.1, 0.15) is 40.0 Å². The maximum Gasteiger partial charge on any atom is 0.326 e. The predicted molar refractivity (Wildman–Crippen MR) is 96.0 cm³/mol.